The minimum atomic E-state index is -0.400. The van der Waals surface area contributed by atoms with Gasteiger partial charge in [0.2, 0.25) is 5.91 Å². The molecule has 0 atom stereocenters. The van der Waals surface area contributed by atoms with Gasteiger partial charge in [-0.2, -0.15) is 0 Å². The molecular formula is C23H22N2O4. The van der Waals surface area contributed by atoms with Gasteiger partial charge in [0.05, 0.1) is 11.3 Å². The second-order valence-corrected chi connectivity index (χ2v) is 7.16. The van der Waals surface area contributed by atoms with E-state index in [0.717, 1.165) is 23.1 Å². The number of carbonyl (C=O) groups excluding carboxylic acids is 2. The van der Waals surface area contributed by atoms with Crippen LogP contribution in [0.25, 0.3) is 0 Å². The van der Waals surface area contributed by atoms with Crippen molar-refractivity contribution in [2.24, 2.45) is 0 Å². The summed E-state index contributed by atoms with van der Waals surface area (Å²) in [6.45, 7) is 0. The van der Waals surface area contributed by atoms with Crippen molar-refractivity contribution < 1.29 is 19.5 Å². The molecule has 1 aliphatic heterocycles. The van der Waals surface area contributed by atoms with Crippen LogP contribution in [0.4, 0.5) is 5.69 Å². The molecule has 2 amide bonds. The van der Waals surface area contributed by atoms with E-state index in [2.05, 4.69) is 5.32 Å². The summed E-state index contributed by atoms with van der Waals surface area (Å²) in [6, 6.07) is 13.8. The highest BCUT2D eigenvalue weighted by atomic mass is 16.5. The third-order valence-corrected chi connectivity index (χ3v) is 5.16. The standard InChI is InChI=1S/C23H22N2O4/c26-21(25-28)13-12-15-8-10-16(11-9-15)14-17-4-3-7-20-22(17)24-23(27)18-5-1-2-6-19(18)29-20/h2-4,6-11,28H,1,5,12-14H2,(H,24,27)(H,25,26). The zero-order valence-corrected chi connectivity index (χ0v) is 15.9. The van der Waals surface area contributed by atoms with Gasteiger partial charge in [0.1, 0.15) is 5.76 Å². The quantitative estimate of drug-likeness (QED) is 0.537. The Morgan fingerprint density at radius 2 is 1.93 bits per heavy atom. The first-order valence-electron chi connectivity index (χ1n) is 9.65. The predicted octanol–water partition coefficient (Wildman–Crippen LogP) is 3.65. The molecule has 0 saturated heterocycles. The lowest BCUT2D eigenvalue weighted by molar-refractivity contribution is -0.129. The molecule has 1 heterocycles. The molecule has 148 valence electrons. The first-order chi connectivity index (χ1) is 14.1. The number of rotatable bonds is 5. The molecule has 0 fully saturated rings. The molecule has 4 rings (SSSR count). The van der Waals surface area contributed by atoms with Gasteiger partial charge in [0.15, 0.2) is 5.75 Å². The summed E-state index contributed by atoms with van der Waals surface area (Å²) in [4.78, 5) is 23.8. The Morgan fingerprint density at radius 1 is 1.14 bits per heavy atom. The number of ether oxygens (including phenoxy) is 1. The molecular weight excluding hydrogens is 368 g/mol. The number of anilines is 1. The van der Waals surface area contributed by atoms with E-state index in [4.69, 9.17) is 9.94 Å². The molecule has 6 heteroatoms. The average Bonchev–Trinajstić information content (AvgIpc) is 2.89. The fourth-order valence-electron chi connectivity index (χ4n) is 3.58. The molecule has 0 bridgehead atoms. The number of allylic oxidation sites excluding steroid dienone is 2. The van der Waals surface area contributed by atoms with Crippen LogP contribution in [0, 0.1) is 0 Å². The fourth-order valence-corrected chi connectivity index (χ4v) is 3.58. The lowest BCUT2D eigenvalue weighted by atomic mass is 10.00. The summed E-state index contributed by atoms with van der Waals surface area (Å²) in [5, 5.41) is 11.6. The predicted molar refractivity (Wildman–Crippen MR) is 109 cm³/mol. The Labute approximate surface area is 168 Å². The van der Waals surface area contributed by atoms with Crippen LogP contribution in [0.15, 0.2) is 65.9 Å². The van der Waals surface area contributed by atoms with Gasteiger partial charge in [-0.15, -0.1) is 0 Å². The summed E-state index contributed by atoms with van der Waals surface area (Å²) in [7, 11) is 0. The van der Waals surface area contributed by atoms with Gasteiger partial charge in [0, 0.05) is 6.42 Å². The smallest absolute Gasteiger partial charge is 0.255 e. The highest BCUT2D eigenvalue weighted by molar-refractivity contribution is 6.06. The maximum absolute atomic E-state index is 12.7. The van der Waals surface area contributed by atoms with Crippen LogP contribution in [-0.4, -0.2) is 17.0 Å². The molecule has 2 aliphatic rings. The van der Waals surface area contributed by atoms with Crippen molar-refractivity contribution in [3.8, 4) is 5.75 Å². The number of hydrogen-bond donors (Lipinski definition) is 3. The molecule has 2 aromatic carbocycles. The van der Waals surface area contributed by atoms with Crippen LogP contribution in [0.2, 0.25) is 0 Å². The molecule has 6 nitrogen and oxygen atoms in total. The topological polar surface area (TPSA) is 87.7 Å². The largest absolute Gasteiger partial charge is 0.455 e. The molecule has 0 radical (unpaired) electrons. The monoisotopic (exact) mass is 390 g/mol. The van der Waals surface area contributed by atoms with E-state index in [1.165, 1.54) is 0 Å². The lowest BCUT2D eigenvalue weighted by Crippen LogP contribution is -2.18. The SMILES string of the molecule is O=C(CCc1ccc(Cc2cccc3c2NC(=O)C2=C(C=CCC2)O3)cc1)NO. The molecule has 0 saturated carbocycles. The zero-order valence-electron chi connectivity index (χ0n) is 15.9. The molecule has 1 aliphatic carbocycles. The van der Waals surface area contributed by atoms with Gasteiger partial charge >= 0.3 is 0 Å². The van der Waals surface area contributed by atoms with E-state index < -0.39 is 5.91 Å². The number of hydrogen-bond acceptors (Lipinski definition) is 4. The van der Waals surface area contributed by atoms with Gasteiger partial charge in [0.25, 0.3) is 5.91 Å². The number of carbonyl (C=O) groups is 2. The molecule has 0 aromatic heterocycles. The maximum Gasteiger partial charge on any atom is 0.255 e. The van der Waals surface area contributed by atoms with Crippen LogP contribution < -0.4 is 15.5 Å². The number of benzene rings is 2. The molecule has 2 aromatic rings. The van der Waals surface area contributed by atoms with Crippen LogP contribution >= 0.6 is 0 Å². The Kier molecular flexibility index (Phi) is 5.44. The van der Waals surface area contributed by atoms with Crippen molar-refractivity contribution in [2.45, 2.75) is 32.1 Å². The van der Waals surface area contributed by atoms with Gasteiger partial charge in [-0.1, -0.05) is 42.5 Å². The minimum absolute atomic E-state index is 0.104. The first-order valence-corrected chi connectivity index (χ1v) is 9.65. The van der Waals surface area contributed by atoms with E-state index in [-0.39, 0.29) is 12.3 Å². The van der Waals surface area contributed by atoms with E-state index in [1.54, 1.807) is 5.48 Å². The van der Waals surface area contributed by atoms with E-state index >= 15 is 0 Å². The summed E-state index contributed by atoms with van der Waals surface area (Å²) < 4.78 is 6.04. The number of hydroxylamine groups is 1. The van der Waals surface area contributed by atoms with Crippen LogP contribution in [-0.2, 0) is 22.4 Å². The fraction of sp³-hybridized carbons (Fsp3) is 0.217. The van der Waals surface area contributed by atoms with Crippen LogP contribution in [0.3, 0.4) is 0 Å². The second kappa shape index (κ2) is 8.32. The van der Waals surface area contributed by atoms with Gasteiger partial charge < -0.3 is 10.1 Å². The third kappa shape index (κ3) is 4.22. The summed E-state index contributed by atoms with van der Waals surface area (Å²) in [5.41, 5.74) is 6.13. The van der Waals surface area contributed by atoms with Crippen LogP contribution in [0.1, 0.15) is 36.0 Å². The van der Waals surface area contributed by atoms with Crippen LogP contribution in [0.5, 0.6) is 5.75 Å². The number of para-hydroxylation sites is 1. The Hall–Kier alpha value is -3.38. The normalized spacial score (nSPS) is 15.0. The molecule has 3 N–H and O–H groups in total. The highest BCUT2D eigenvalue weighted by Gasteiger charge is 2.25. The Morgan fingerprint density at radius 3 is 2.72 bits per heavy atom. The van der Waals surface area contributed by atoms with E-state index in [0.29, 0.717) is 42.0 Å². The number of aryl methyl sites for hydroxylation is 1. The highest BCUT2D eigenvalue weighted by Crippen LogP contribution is 2.36. The molecule has 0 unspecified atom stereocenters. The molecule has 29 heavy (non-hydrogen) atoms. The first kappa shape index (κ1) is 19.0. The van der Waals surface area contributed by atoms with Crippen molar-refractivity contribution in [1.29, 1.82) is 0 Å². The molecule has 0 spiro atoms. The number of amides is 2. The zero-order chi connectivity index (χ0) is 20.2. The summed E-state index contributed by atoms with van der Waals surface area (Å²) in [6.07, 6.45) is 6.84. The summed E-state index contributed by atoms with van der Waals surface area (Å²) >= 11 is 0. The Bertz CT molecular complexity index is 1010. The van der Waals surface area contributed by atoms with Crippen molar-refractivity contribution in [2.75, 3.05) is 5.32 Å². The van der Waals surface area contributed by atoms with Gasteiger partial charge in [-0.3, -0.25) is 14.8 Å². The number of nitrogens with one attached hydrogen (secondary N) is 2. The minimum Gasteiger partial charge on any atom is -0.455 e. The van der Waals surface area contributed by atoms with Gasteiger partial charge in [-0.05, 0) is 54.5 Å². The van der Waals surface area contributed by atoms with Gasteiger partial charge in [-0.25, -0.2) is 5.48 Å². The Balaban J connectivity index is 1.52. The van der Waals surface area contributed by atoms with Crippen molar-refractivity contribution >= 4 is 17.5 Å². The summed E-state index contributed by atoms with van der Waals surface area (Å²) in [5.74, 6) is 0.774. The lowest BCUT2D eigenvalue weighted by Gasteiger charge is -2.13. The van der Waals surface area contributed by atoms with E-state index in [1.807, 2.05) is 54.6 Å². The van der Waals surface area contributed by atoms with Crippen molar-refractivity contribution in [3.05, 3.63) is 82.6 Å². The van der Waals surface area contributed by atoms with Crippen molar-refractivity contribution in [1.82, 2.24) is 5.48 Å². The third-order valence-electron chi connectivity index (χ3n) is 5.16. The van der Waals surface area contributed by atoms with E-state index in [9.17, 15) is 9.59 Å². The second-order valence-electron chi connectivity index (χ2n) is 7.16. The maximum atomic E-state index is 12.7. The van der Waals surface area contributed by atoms with Crippen molar-refractivity contribution in [3.63, 3.8) is 0 Å². The average molecular weight is 390 g/mol. The number of fused-ring (bicyclic) bond motifs is 1.